The van der Waals surface area contributed by atoms with Gasteiger partial charge < -0.3 is 15.1 Å². The summed E-state index contributed by atoms with van der Waals surface area (Å²) in [5.41, 5.74) is 4.56. The summed E-state index contributed by atoms with van der Waals surface area (Å²) in [4.78, 5) is 29.1. The molecule has 0 bridgehead atoms. The van der Waals surface area contributed by atoms with E-state index in [-0.39, 0.29) is 18.2 Å². The fourth-order valence-electron chi connectivity index (χ4n) is 3.37. The molecule has 0 atom stereocenters. The van der Waals surface area contributed by atoms with Gasteiger partial charge in [0.05, 0.1) is 6.42 Å². The average molecular weight is 404 g/mol. The monoisotopic (exact) mass is 404 g/mol. The van der Waals surface area contributed by atoms with Crippen LogP contribution in [0.2, 0.25) is 0 Å². The molecule has 154 valence electrons. The standard InChI is InChI=1S/C24H24N2O4/c1-16-8-9-21(22-11-19(12-23(28)29)13-25-24(22)30)20(10-16)15-26(17(2)27)14-18-6-4-3-5-7-18/h3-11,13H,12,14-15H2,1-2H3,(H,25,30)(H,28,29). The van der Waals surface area contributed by atoms with E-state index in [1.165, 1.54) is 13.1 Å². The molecule has 0 fully saturated rings. The van der Waals surface area contributed by atoms with Crippen LogP contribution in [0.1, 0.15) is 29.2 Å². The van der Waals surface area contributed by atoms with Crippen molar-refractivity contribution in [3.05, 3.63) is 83.0 Å². The largest absolute Gasteiger partial charge is 0.493 e. The first kappa shape index (κ1) is 21.0. The first-order valence-corrected chi connectivity index (χ1v) is 9.62. The second-order valence-electron chi connectivity index (χ2n) is 7.31. The SMILES string of the molecule is CC(=O)N(Cc1ccccc1)Cc1cc(C)ccc1-c1cc(CC(=O)O)cnc1O. The molecule has 0 spiro atoms. The smallest absolute Gasteiger partial charge is 0.307 e. The van der Waals surface area contributed by atoms with E-state index in [0.29, 0.717) is 24.2 Å². The van der Waals surface area contributed by atoms with Crippen molar-refractivity contribution < 1.29 is 19.8 Å². The number of carbonyl (C=O) groups is 2. The van der Waals surface area contributed by atoms with E-state index < -0.39 is 5.97 Å². The van der Waals surface area contributed by atoms with Crippen molar-refractivity contribution in [2.45, 2.75) is 33.4 Å². The highest BCUT2D eigenvalue weighted by Gasteiger charge is 2.17. The molecule has 3 aromatic rings. The molecule has 0 unspecified atom stereocenters. The number of rotatable bonds is 7. The Morgan fingerprint density at radius 2 is 1.70 bits per heavy atom. The Bertz CT molecular complexity index is 1060. The van der Waals surface area contributed by atoms with E-state index in [1.807, 2.05) is 55.5 Å². The summed E-state index contributed by atoms with van der Waals surface area (Å²) in [5, 5.41) is 19.4. The molecule has 2 N–H and O–H groups in total. The maximum absolute atomic E-state index is 12.3. The molecule has 1 heterocycles. The number of carboxylic acid groups (broad SMARTS) is 1. The van der Waals surface area contributed by atoms with Gasteiger partial charge in [0.15, 0.2) is 0 Å². The van der Waals surface area contributed by atoms with Gasteiger partial charge in [-0.2, -0.15) is 0 Å². The van der Waals surface area contributed by atoms with Crippen molar-refractivity contribution in [1.29, 1.82) is 0 Å². The number of aryl methyl sites for hydroxylation is 1. The molecular formula is C24H24N2O4. The first-order valence-electron chi connectivity index (χ1n) is 9.62. The third-order valence-electron chi connectivity index (χ3n) is 4.85. The average Bonchev–Trinajstić information content (AvgIpc) is 2.70. The molecule has 1 aromatic heterocycles. The number of nitrogens with zero attached hydrogens (tertiary/aromatic N) is 2. The second kappa shape index (κ2) is 9.22. The molecule has 2 aromatic carbocycles. The summed E-state index contributed by atoms with van der Waals surface area (Å²) in [6, 6.07) is 17.1. The molecule has 3 rings (SSSR count). The van der Waals surface area contributed by atoms with Crippen LogP contribution in [0, 0.1) is 6.92 Å². The number of hydrogen-bond acceptors (Lipinski definition) is 4. The zero-order chi connectivity index (χ0) is 21.7. The van der Waals surface area contributed by atoms with Crippen LogP contribution < -0.4 is 0 Å². The summed E-state index contributed by atoms with van der Waals surface area (Å²) in [7, 11) is 0. The lowest BCUT2D eigenvalue weighted by molar-refractivity contribution is -0.136. The van der Waals surface area contributed by atoms with Crippen molar-refractivity contribution in [1.82, 2.24) is 9.88 Å². The Morgan fingerprint density at radius 1 is 0.967 bits per heavy atom. The molecule has 0 aliphatic carbocycles. The zero-order valence-corrected chi connectivity index (χ0v) is 17.0. The van der Waals surface area contributed by atoms with Gasteiger partial charge in [-0.1, -0.05) is 54.1 Å². The van der Waals surface area contributed by atoms with Crippen molar-refractivity contribution in [2.75, 3.05) is 0 Å². The number of carboxylic acids is 1. The fourth-order valence-corrected chi connectivity index (χ4v) is 3.37. The lowest BCUT2D eigenvalue weighted by atomic mass is 9.96. The predicted molar refractivity (Wildman–Crippen MR) is 114 cm³/mol. The minimum Gasteiger partial charge on any atom is -0.493 e. The lowest BCUT2D eigenvalue weighted by Gasteiger charge is -2.23. The summed E-state index contributed by atoms with van der Waals surface area (Å²) < 4.78 is 0. The molecule has 30 heavy (non-hydrogen) atoms. The summed E-state index contributed by atoms with van der Waals surface area (Å²) in [6.07, 6.45) is 1.17. The van der Waals surface area contributed by atoms with Crippen LogP contribution in [0.3, 0.4) is 0 Å². The van der Waals surface area contributed by atoms with Crippen molar-refractivity contribution >= 4 is 11.9 Å². The van der Waals surface area contributed by atoms with Crippen LogP contribution in [0.4, 0.5) is 0 Å². The number of aromatic nitrogens is 1. The van der Waals surface area contributed by atoms with Gasteiger partial charge in [-0.15, -0.1) is 0 Å². The molecular weight excluding hydrogens is 380 g/mol. The van der Waals surface area contributed by atoms with E-state index in [4.69, 9.17) is 5.11 Å². The van der Waals surface area contributed by atoms with Crippen LogP contribution in [-0.2, 0) is 29.1 Å². The van der Waals surface area contributed by atoms with E-state index in [0.717, 1.165) is 22.3 Å². The number of pyridine rings is 1. The van der Waals surface area contributed by atoms with E-state index >= 15 is 0 Å². The molecule has 6 nitrogen and oxygen atoms in total. The summed E-state index contributed by atoms with van der Waals surface area (Å²) in [5.74, 6) is -1.21. The topological polar surface area (TPSA) is 90.7 Å². The van der Waals surface area contributed by atoms with E-state index in [1.54, 1.807) is 11.0 Å². The lowest BCUT2D eigenvalue weighted by Crippen LogP contribution is -2.28. The molecule has 0 radical (unpaired) electrons. The number of aromatic hydroxyl groups is 1. The van der Waals surface area contributed by atoms with Crippen LogP contribution >= 0.6 is 0 Å². The fraction of sp³-hybridized carbons (Fsp3) is 0.208. The van der Waals surface area contributed by atoms with Gasteiger partial charge in [0.1, 0.15) is 0 Å². The predicted octanol–water partition coefficient (Wildman–Crippen LogP) is 3.94. The summed E-state index contributed by atoms with van der Waals surface area (Å²) in [6.45, 7) is 4.31. The van der Waals surface area contributed by atoms with Crippen molar-refractivity contribution in [3.63, 3.8) is 0 Å². The number of aliphatic carboxylic acids is 1. The van der Waals surface area contributed by atoms with Gasteiger partial charge in [-0.05, 0) is 35.2 Å². The maximum Gasteiger partial charge on any atom is 0.307 e. The van der Waals surface area contributed by atoms with Gasteiger partial charge in [-0.25, -0.2) is 4.98 Å². The number of carbonyl (C=O) groups excluding carboxylic acids is 1. The molecule has 0 saturated heterocycles. The Balaban J connectivity index is 1.99. The Hall–Kier alpha value is -3.67. The van der Waals surface area contributed by atoms with Crippen molar-refractivity contribution in [2.24, 2.45) is 0 Å². The highest BCUT2D eigenvalue weighted by molar-refractivity contribution is 5.77. The van der Waals surface area contributed by atoms with Gasteiger partial charge in [0.2, 0.25) is 11.8 Å². The quantitative estimate of drug-likeness (QED) is 0.622. The Labute approximate surface area is 175 Å². The maximum atomic E-state index is 12.3. The molecule has 1 amide bonds. The highest BCUT2D eigenvalue weighted by atomic mass is 16.4. The Morgan fingerprint density at radius 3 is 2.37 bits per heavy atom. The van der Waals surface area contributed by atoms with E-state index in [2.05, 4.69) is 4.98 Å². The van der Waals surface area contributed by atoms with Crippen LogP contribution in [0.15, 0.2) is 60.8 Å². The third-order valence-corrected chi connectivity index (χ3v) is 4.85. The third kappa shape index (κ3) is 5.23. The van der Waals surface area contributed by atoms with Gasteiger partial charge in [0, 0.05) is 31.8 Å². The van der Waals surface area contributed by atoms with E-state index in [9.17, 15) is 14.7 Å². The molecule has 6 heteroatoms. The highest BCUT2D eigenvalue weighted by Crippen LogP contribution is 2.32. The van der Waals surface area contributed by atoms with Crippen LogP contribution in [-0.4, -0.2) is 32.0 Å². The van der Waals surface area contributed by atoms with Gasteiger partial charge in [0.25, 0.3) is 0 Å². The number of amides is 1. The van der Waals surface area contributed by atoms with Gasteiger partial charge >= 0.3 is 5.97 Å². The molecule has 0 saturated carbocycles. The minimum atomic E-state index is -0.969. The molecule has 0 aliphatic heterocycles. The van der Waals surface area contributed by atoms with Crippen LogP contribution in [0.25, 0.3) is 11.1 Å². The second-order valence-corrected chi connectivity index (χ2v) is 7.31. The zero-order valence-electron chi connectivity index (χ0n) is 17.0. The molecule has 0 aliphatic rings. The Kier molecular flexibility index (Phi) is 6.47. The summed E-state index contributed by atoms with van der Waals surface area (Å²) >= 11 is 0. The first-order chi connectivity index (χ1) is 14.3. The minimum absolute atomic E-state index is 0.0618. The number of hydrogen-bond donors (Lipinski definition) is 2. The van der Waals surface area contributed by atoms with Crippen LogP contribution in [0.5, 0.6) is 5.88 Å². The van der Waals surface area contributed by atoms with Gasteiger partial charge in [-0.3, -0.25) is 9.59 Å². The van der Waals surface area contributed by atoms with Crippen molar-refractivity contribution in [3.8, 4) is 17.0 Å². The normalized spacial score (nSPS) is 10.6. The number of benzene rings is 2.